The van der Waals surface area contributed by atoms with Gasteiger partial charge in [0.1, 0.15) is 18.4 Å². The lowest BCUT2D eigenvalue weighted by Gasteiger charge is -2.14. The van der Waals surface area contributed by atoms with Gasteiger partial charge in [-0.25, -0.2) is 0 Å². The predicted molar refractivity (Wildman–Crippen MR) is 120 cm³/mol. The molecule has 154 valence electrons. The zero-order chi connectivity index (χ0) is 21.6. The Morgan fingerprint density at radius 2 is 1.65 bits per heavy atom. The van der Waals surface area contributed by atoms with Crippen molar-refractivity contribution >= 4 is 22.3 Å². The van der Waals surface area contributed by atoms with E-state index < -0.39 is 0 Å². The Morgan fingerprint density at radius 1 is 0.935 bits per heavy atom. The number of anilines is 2. The minimum atomic E-state index is 0.434. The van der Waals surface area contributed by atoms with Gasteiger partial charge in [0.05, 0.1) is 31.0 Å². The van der Waals surface area contributed by atoms with Crippen LogP contribution in [-0.4, -0.2) is 19.2 Å². The van der Waals surface area contributed by atoms with Crippen LogP contribution in [0.2, 0.25) is 0 Å². The van der Waals surface area contributed by atoms with Crippen LogP contribution < -0.4 is 19.5 Å². The SMILES string of the molecule is COc1cc2ncc(C#N)c(Nc3ccc(OCc4ccccc4)cc3)c2cc1OC. The molecule has 0 saturated heterocycles. The molecule has 0 radical (unpaired) electrons. The minimum Gasteiger partial charge on any atom is -0.493 e. The van der Waals surface area contributed by atoms with Crippen LogP contribution in [0.15, 0.2) is 72.9 Å². The first-order chi connectivity index (χ1) is 15.2. The highest BCUT2D eigenvalue weighted by molar-refractivity contribution is 5.97. The Hall–Kier alpha value is -4.24. The van der Waals surface area contributed by atoms with Gasteiger partial charge in [0.25, 0.3) is 0 Å². The van der Waals surface area contributed by atoms with E-state index in [1.807, 2.05) is 60.7 Å². The highest BCUT2D eigenvalue weighted by Crippen LogP contribution is 2.37. The molecule has 0 unspecified atom stereocenters. The number of aromatic nitrogens is 1. The molecule has 1 aromatic heterocycles. The molecule has 0 aliphatic carbocycles. The maximum absolute atomic E-state index is 9.60. The van der Waals surface area contributed by atoms with Crippen LogP contribution in [0, 0.1) is 11.3 Å². The van der Waals surface area contributed by atoms with Gasteiger partial charge in [-0.2, -0.15) is 5.26 Å². The van der Waals surface area contributed by atoms with E-state index >= 15 is 0 Å². The first kappa shape index (κ1) is 20.0. The molecule has 0 aliphatic rings. The van der Waals surface area contributed by atoms with Gasteiger partial charge in [0.15, 0.2) is 11.5 Å². The molecule has 0 atom stereocenters. The van der Waals surface area contributed by atoms with Gasteiger partial charge in [0, 0.05) is 23.3 Å². The average Bonchev–Trinajstić information content (AvgIpc) is 2.83. The van der Waals surface area contributed by atoms with Gasteiger partial charge in [-0.05, 0) is 35.9 Å². The summed E-state index contributed by atoms with van der Waals surface area (Å²) in [6, 6.07) is 23.4. The van der Waals surface area contributed by atoms with Crippen molar-refractivity contribution in [1.82, 2.24) is 4.98 Å². The van der Waals surface area contributed by atoms with Gasteiger partial charge >= 0.3 is 0 Å². The summed E-state index contributed by atoms with van der Waals surface area (Å²) < 4.78 is 16.6. The normalized spacial score (nSPS) is 10.4. The van der Waals surface area contributed by atoms with Crippen LogP contribution in [0.25, 0.3) is 10.9 Å². The summed E-state index contributed by atoms with van der Waals surface area (Å²) in [5.74, 6) is 1.92. The van der Waals surface area contributed by atoms with Crippen molar-refractivity contribution in [2.24, 2.45) is 0 Å². The molecule has 4 rings (SSSR count). The Morgan fingerprint density at radius 3 is 2.32 bits per heavy atom. The molecular formula is C25H21N3O3. The van der Waals surface area contributed by atoms with Gasteiger partial charge in [0.2, 0.25) is 0 Å². The van der Waals surface area contributed by atoms with Crippen molar-refractivity contribution in [1.29, 1.82) is 5.26 Å². The number of nitriles is 1. The molecule has 4 aromatic rings. The predicted octanol–water partition coefficient (Wildman–Crippen LogP) is 5.45. The summed E-state index contributed by atoms with van der Waals surface area (Å²) in [5, 5.41) is 13.7. The molecule has 0 aliphatic heterocycles. The fourth-order valence-corrected chi connectivity index (χ4v) is 3.26. The van der Waals surface area contributed by atoms with Crippen molar-refractivity contribution in [2.45, 2.75) is 6.61 Å². The maximum Gasteiger partial charge on any atom is 0.162 e. The smallest absolute Gasteiger partial charge is 0.162 e. The summed E-state index contributed by atoms with van der Waals surface area (Å²) in [5.41, 5.74) is 3.72. The average molecular weight is 411 g/mol. The number of benzene rings is 3. The van der Waals surface area contributed by atoms with Gasteiger partial charge in [-0.1, -0.05) is 30.3 Å². The Kier molecular flexibility index (Phi) is 5.86. The third kappa shape index (κ3) is 4.36. The Balaban J connectivity index is 1.60. The third-order valence-corrected chi connectivity index (χ3v) is 4.87. The van der Waals surface area contributed by atoms with Crippen LogP contribution in [0.4, 0.5) is 11.4 Å². The van der Waals surface area contributed by atoms with Crippen LogP contribution >= 0.6 is 0 Å². The van der Waals surface area contributed by atoms with Crippen molar-refractivity contribution in [2.75, 3.05) is 19.5 Å². The summed E-state index contributed by atoms with van der Waals surface area (Å²) in [6.45, 7) is 0.503. The molecule has 6 nitrogen and oxygen atoms in total. The number of nitrogens with zero attached hydrogens (tertiary/aromatic N) is 2. The van der Waals surface area contributed by atoms with E-state index in [0.29, 0.717) is 34.9 Å². The molecule has 3 aromatic carbocycles. The Labute approximate surface area is 180 Å². The van der Waals surface area contributed by atoms with Gasteiger partial charge in [-0.15, -0.1) is 0 Å². The first-order valence-corrected chi connectivity index (χ1v) is 9.70. The lowest BCUT2D eigenvalue weighted by atomic mass is 10.1. The quantitative estimate of drug-likeness (QED) is 0.436. The number of ether oxygens (including phenoxy) is 3. The third-order valence-electron chi connectivity index (χ3n) is 4.87. The number of nitrogens with one attached hydrogen (secondary N) is 1. The van der Waals surface area contributed by atoms with Crippen molar-refractivity contribution < 1.29 is 14.2 Å². The van der Waals surface area contributed by atoms with E-state index in [1.165, 1.54) is 0 Å². The second kappa shape index (κ2) is 9.06. The van der Waals surface area contributed by atoms with Crippen molar-refractivity contribution in [3.05, 3.63) is 84.1 Å². The summed E-state index contributed by atoms with van der Waals surface area (Å²) in [7, 11) is 3.15. The van der Waals surface area contributed by atoms with E-state index in [-0.39, 0.29) is 0 Å². The van der Waals surface area contributed by atoms with Crippen molar-refractivity contribution in [3.63, 3.8) is 0 Å². The monoisotopic (exact) mass is 411 g/mol. The molecular weight excluding hydrogens is 390 g/mol. The molecule has 0 saturated carbocycles. The van der Waals surface area contributed by atoms with E-state index in [2.05, 4.69) is 16.4 Å². The molecule has 0 amide bonds. The number of methoxy groups -OCH3 is 2. The number of pyridine rings is 1. The van der Waals surface area contributed by atoms with Crippen LogP contribution in [0.5, 0.6) is 17.2 Å². The van der Waals surface area contributed by atoms with E-state index in [1.54, 1.807) is 26.5 Å². The first-order valence-electron chi connectivity index (χ1n) is 9.70. The fraction of sp³-hybridized carbons (Fsp3) is 0.120. The minimum absolute atomic E-state index is 0.434. The zero-order valence-electron chi connectivity index (χ0n) is 17.3. The molecule has 0 fully saturated rings. The number of hydrogen-bond acceptors (Lipinski definition) is 6. The molecule has 0 spiro atoms. The summed E-state index contributed by atoms with van der Waals surface area (Å²) in [4.78, 5) is 4.39. The van der Waals surface area contributed by atoms with E-state index in [0.717, 1.165) is 22.4 Å². The van der Waals surface area contributed by atoms with Gasteiger partial charge in [-0.3, -0.25) is 4.98 Å². The second-order valence-corrected chi connectivity index (χ2v) is 6.81. The highest BCUT2D eigenvalue weighted by atomic mass is 16.5. The van der Waals surface area contributed by atoms with E-state index in [9.17, 15) is 5.26 Å². The largest absolute Gasteiger partial charge is 0.493 e. The van der Waals surface area contributed by atoms with Crippen LogP contribution in [0.3, 0.4) is 0 Å². The summed E-state index contributed by atoms with van der Waals surface area (Å²) >= 11 is 0. The summed E-state index contributed by atoms with van der Waals surface area (Å²) in [6.07, 6.45) is 1.55. The topological polar surface area (TPSA) is 76.4 Å². The lowest BCUT2D eigenvalue weighted by molar-refractivity contribution is 0.306. The number of rotatable bonds is 7. The maximum atomic E-state index is 9.60. The van der Waals surface area contributed by atoms with Gasteiger partial charge < -0.3 is 19.5 Å². The van der Waals surface area contributed by atoms with Crippen LogP contribution in [0.1, 0.15) is 11.1 Å². The molecule has 31 heavy (non-hydrogen) atoms. The number of hydrogen-bond donors (Lipinski definition) is 1. The lowest BCUT2D eigenvalue weighted by Crippen LogP contribution is -1.99. The Bertz CT molecular complexity index is 1230. The van der Waals surface area contributed by atoms with Crippen molar-refractivity contribution in [3.8, 4) is 23.3 Å². The van der Waals surface area contributed by atoms with E-state index in [4.69, 9.17) is 14.2 Å². The molecule has 6 heteroatoms. The zero-order valence-corrected chi connectivity index (χ0v) is 17.3. The van der Waals surface area contributed by atoms with Crippen LogP contribution in [-0.2, 0) is 6.61 Å². The highest BCUT2D eigenvalue weighted by Gasteiger charge is 2.14. The second-order valence-electron chi connectivity index (χ2n) is 6.81. The molecule has 0 bridgehead atoms. The number of fused-ring (bicyclic) bond motifs is 1. The molecule has 1 heterocycles. The fourth-order valence-electron chi connectivity index (χ4n) is 3.26. The molecule has 1 N–H and O–H groups in total. The standard InChI is InChI=1S/C25H21N3O3/c1-29-23-12-21-22(13-24(23)30-2)27-15-18(14-26)25(21)28-19-8-10-20(11-9-19)31-16-17-6-4-3-5-7-17/h3-13,15H,16H2,1-2H3,(H,27,28).